The van der Waals surface area contributed by atoms with Crippen molar-refractivity contribution >= 4 is 11.9 Å². The van der Waals surface area contributed by atoms with Crippen molar-refractivity contribution in [2.75, 3.05) is 125 Å². The van der Waals surface area contributed by atoms with Crippen LogP contribution in [0.5, 0.6) is 57.5 Å². The molecule has 16 heteroatoms. The standard InChI is InChI=1S/C60H78N2O14/c1-61(23-19-43-35-49(65-3)51(67-5)37-45(43)47(61)27-41-29-53(69-7)59(73-11)54(30-41)70-8)21-13-25-75-57(63)33-39-15-17-40(18-16-39)34-58(64)76-26-14-22-62(2)24-20-44-36-50(66-4)52(68-6)38-46(44)48(62)28-42-31-55(71-9)60(74-12)56(32-42)72-10/h15-18,29-32,35-38,47-48H,13-14,19-28,33-34H2,1-12H3/q+2/t47-,48-,61?,62?/m1/s1. The van der Waals surface area contributed by atoms with Gasteiger partial charge >= 0.3 is 11.9 Å². The van der Waals surface area contributed by atoms with E-state index in [1.165, 1.54) is 22.3 Å². The average Bonchev–Trinajstić information content (AvgIpc) is 3.44. The molecular weight excluding hydrogens is 973 g/mol. The van der Waals surface area contributed by atoms with Crippen LogP contribution in [0, 0.1) is 0 Å². The fraction of sp³-hybridized carbons (Fsp3) is 0.467. The van der Waals surface area contributed by atoms with Crippen molar-refractivity contribution in [2.24, 2.45) is 0 Å². The van der Waals surface area contributed by atoms with Crippen LogP contribution in [0.15, 0.2) is 72.8 Å². The molecule has 410 valence electrons. The van der Waals surface area contributed by atoms with Gasteiger partial charge in [0.25, 0.3) is 0 Å². The first-order chi connectivity index (χ1) is 36.7. The lowest BCUT2D eigenvalue weighted by Crippen LogP contribution is -2.52. The van der Waals surface area contributed by atoms with E-state index >= 15 is 0 Å². The fourth-order valence-corrected chi connectivity index (χ4v) is 11.2. The molecular formula is C60H78N2O14+2. The summed E-state index contributed by atoms with van der Waals surface area (Å²) < 4.78 is 70.1. The highest BCUT2D eigenvalue weighted by molar-refractivity contribution is 5.74. The summed E-state index contributed by atoms with van der Waals surface area (Å²) in [7, 11) is 20.9. The summed E-state index contributed by atoms with van der Waals surface area (Å²) in [6, 6.07) is 24.0. The number of hydrogen-bond donors (Lipinski definition) is 0. The summed E-state index contributed by atoms with van der Waals surface area (Å²) in [5, 5.41) is 0. The highest BCUT2D eigenvalue weighted by Gasteiger charge is 2.42. The molecule has 5 aromatic rings. The maximum Gasteiger partial charge on any atom is 0.310 e. The molecule has 0 fully saturated rings. The second-order valence-electron chi connectivity index (χ2n) is 20.0. The number of quaternary nitrogens is 2. The van der Waals surface area contributed by atoms with E-state index in [9.17, 15) is 9.59 Å². The van der Waals surface area contributed by atoms with E-state index in [-0.39, 0.29) is 50.1 Å². The number of fused-ring (bicyclic) bond motifs is 2. The maximum absolute atomic E-state index is 13.2. The van der Waals surface area contributed by atoms with Crippen molar-refractivity contribution in [2.45, 2.75) is 63.5 Å². The molecule has 0 amide bonds. The molecule has 5 aromatic carbocycles. The van der Waals surface area contributed by atoms with E-state index in [2.05, 4.69) is 38.4 Å². The molecule has 0 N–H and O–H groups in total. The Bertz CT molecular complexity index is 2560. The molecule has 0 saturated carbocycles. The van der Waals surface area contributed by atoms with E-state index in [0.717, 1.165) is 70.2 Å². The van der Waals surface area contributed by atoms with Gasteiger partial charge in [-0.15, -0.1) is 0 Å². The van der Waals surface area contributed by atoms with Gasteiger partial charge in [0, 0.05) is 49.7 Å². The van der Waals surface area contributed by atoms with Crippen molar-refractivity contribution in [1.29, 1.82) is 0 Å². The maximum atomic E-state index is 13.2. The van der Waals surface area contributed by atoms with Crippen molar-refractivity contribution in [3.8, 4) is 57.5 Å². The Morgan fingerprint density at radius 3 is 1.04 bits per heavy atom. The number of esters is 2. The van der Waals surface area contributed by atoms with Crippen LogP contribution in [0.1, 0.15) is 69.4 Å². The van der Waals surface area contributed by atoms with Crippen LogP contribution >= 0.6 is 0 Å². The second kappa shape index (κ2) is 25.7. The van der Waals surface area contributed by atoms with Gasteiger partial charge in [0.05, 0.1) is 137 Å². The van der Waals surface area contributed by atoms with Crippen LogP contribution in [-0.4, -0.2) is 145 Å². The number of carbonyl (C=O) groups is 2. The lowest BCUT2D eigenvalue weighted by Gasteiger charge is -2.46. The van der Waals surface area contributed by atoms with E-state index < -0.39 is 0 Å². The van der Waals surface area contributed by atoms with E-state index in [0.29, 0.717) is 83.2 Å². The summed E-state index contributed by atoms with van der Waals surface area (Å²) in [5.74, 6) is 5.65. The number of methoxy groups -OCH3 is 10. The zero-order chi connectivity index (χ0) is 54.6. The number of ether oxygens (including phenoxy) is 12. The Hall–Kier alpha value is -7.04. The van der Waals surface area contributed by atoms with E-state index in [4.69, 9.17) is 56.8 Å². The first-order valence-electron chi connectivity index (χ1n) is 25.9. The third-order valence-corrected chi connectivity index (χ3v) is 15.5. The highest BCUT2D eigenvalue weighted by atomic mass is 16.6. The fourth-order valence-electron chi connectivity index (χ4n) is 11.2. The average molecular weight is 1050 g/mol. The van der Waals surface area contributed by atoms with Crippen LogP contribution in [0.3, 0.4) is 0 Å². The molecule has 2 heterocycles. The molecule has 0 spiro atoms. The van der Waals surface area contributed by atoms with E-state index in [1.807, 2.05) is 48.5 Å². The number of benzene rings is 5. The minimum absolute atomic E-state index is 0.0397. The molecule has 2 aliphatic rings. The normalized spacial score (nSPS) is 18.5. The number of carbonyl (C=O) groups excluding carboxylic acids is 2. The lowest BCUT2D eigenvalue weighted by atomic mass is 9.86. The highest BCUT2D eigenvalue weighted by Crippen LogP contribution is 2.47. The van der Waals surface area contributed by atoms with E-state index in [1.54, 1.807) is 71.1 Å². The minimum atomic E-state index is -0.303. The molecule has 0 radical (unpaired) electrons. The molecule has 0 aliphatic carbocycles. The topological polar surface area (TPSA) is 145 Å². The predicted octanol–water partition coefficient (Wildman–Crippen LogP) is 8.70. The monoisotopic (exact) mass is 1050 g/mol. The van der Waals surface area contributed by atoms with Gasteiger partial charge < -0.3 is 65.8 Å². The third kappa shape index (κ3) is 12.8. The zero-order valence-corrected chi connectivity index (χ0v) is 46.6. The number of rotatable bonds is 26. The zero-order valence-electron chi connectivity index (χ0n) is 46.6. The predicted molar refractivity (Wildman–Crippen MR) is 288 cm³/mol. The summed E-state index contributed by atoms with van der Waals surface area (Å²) in [5.41, 5.74) is 8.50. The Morgan fingerprint density at radius 1 is 0.421 bits per heavy atom. The van der Waals surface area contributed by atoms with Crippen LogP contribution in [0.2, 0.25) is 0 Å². The van der Waals surface area contributed by atoms with Crippen molar-refractivity contribution in [3.05, 3.63) is 117 Å². The van der Waals surface area contributed by atoms with Crippen LogP contribution < -0.4 is 47.4 Å². The summed E-state index contributed by atoms with van der Waals surface area (Å²) in [6.45, 7) is 3.89. The molecule has 2 unspecified atom stereocenters. The van der Waals surface area contributed by atoms with Gasteiger partial charge in [-0.2, -0.15) is 0 Å². The first-order valence-corrected chi connectivity index (χ1v) is 25.9. The third-order valence-electron chi connectivity index (χ3n) is 15.5. The first kappa shape index (κ1) is 56.7. The van der Waals surface area contributed by atoms with Gasteiger partial charge in [0.15, 0.2) is 46.0 Å². The molecule has 2 aliphatic heterocycles. The Kier molecular flexibility index (Phi) is 19.1. The quantitative estimate of drug-likeness (QED) is 0.0296. The molecule has 0 aromatic heterocycles. The summed E-state index contributed by atoms with van der Waals surface area (Å²) in [6.07, 6.45) is 4.67. The van der Waals surface area contributed by atoms with Crippen LogP contribution in [0.4, 0.5) is 0 Å². The van der Waals surface area contributed by atoms with Gasteiger partial charge in [0.2, 0.25) is 11.5 Å². The molecule has 0 saturated heterocycles. The van der Waals surface area contributed by atoms with Crippen LogP contribution in [-0.2, 0) is 57.6 Å². The number of hydrogen-bond acceptors (Lipinski definition) is 14. The van der Waals surface area contributed by atoms with Crippen LogP contribution in [0.25, 0.3) is 0 Å². The molecule has 4 atom stereocenters. The molecule has 16 nitrogen and oxygen atoms in total. The van der Waals surface area contributed by atoms with Crippen molar-refractivity contribution < 1.29 is 75.4 Å². The smallest absolute Gasteiger partial charge is 0.310 e. The minimum Gasteiger partial charge on any atom is -0.493 e. The summed E-state index contributed by atoms with van der Waals surface area (Å²) >= 11 is 0. The number of likely N-dealkylation sites (N-methyl/N-ethyl adjacent to an activating group) is 2. The lowest BCUT2D eigenvalue weighted by molar-refractivity contribution is -0.941. The van der Waals surface area contributed by atoms with Gasteiger partial charge in [-0.1, -0.05) is 24.3 Å². The number of nitrogens with zero attached hydrogens (tertiary/aromatic N) is 2. The van der Waals surface area contributed by atoms with Gasteiger partial charge in [0.1, 0.15) is 12.1 Å². The van der Waals surface area contributed by atoms with Crippen molar-refractivity contribution in [1.82, 2.24) is 0 Å². The summed E-state index contributed by atoms with van der Waals surface area (Å²) in [4.78, 5) is 26.4. The molecule has 7 rings (SSSR count). The Morgan fingerprint density at radius 2 is 0.737 bits per heavy atom. The van der Waals surface area contributed by atoms with Gasteiger partial charge in [-0.05, 0) is 81.9 Å². The SMILES string of the molecule is COc1cc2c(cc1OC)[C@@H](Cc1cc(OC)c(OC)c(OC)c1)[N+](C)(CCCOC(=O)Cc1ccc(CC(=O)OCCC[N+]3(C)CCc4cc(OC)c(OC)cc4[C@H]3Cc3cc(OC)c(OC)c(OC)c3)cc1)CC2. The molecule has 0 bridgehead atoms. The molecule has 76 heavy (non-hydrogen) atoms. The Balaban J connectivity index is 0.922. The van der Waals surface area contributed by atoms with Crippen molar-refractivity contribution in [3.63, 3.8) is 0 Å². The second-order valence-corrected chi connectivity index (χ2v) is 20.0. The Labute approximate surface area is 448 Å². The van der Waals surface area contributed by atoms with Gasteiger partial charge in [-0.25, -0.2) is 0 Å². The van der Waals surface area contributed by atoms with Gasteiger partial charge in [-0.3, -0.25) is 9.59 Å². The largest absolute Gasteiger partial charge is 0.493 e.